The van der Waals surface area contributed by atoms with Gasteiger partial charge in [0.15, 0.2) is 39.2 Å². The summed E-state index contributed by atoms with van der Waals surface area (Å²) in [5, 5.41) is 10.3. The van der Waals surface area contributed by atoms with Gasteiger partial charge < -0.3 is 31.6 Å². The molecule has 14 rings (SSSR count). The van der Waals surface area contributed by atoms with E-state index in [2.05, 4.69) is 332 Å². The summed E-state index contributed by atoms with van der Waals surface area (Å²) in [6.07, 6.45) is 19.9. The van der Waals surface area contributed by atoms with E-state index < -0.39 is 71.4 Å². The van der Waals surface area contributed by atoms with Crippen LogP contribution < -0.4 is 4.31 Å². The van der Waals surface area contributed by atoms with Crippen LogP contribution in [0.5, 0.6) is 0 Å². The van der Waals surface area contributed by atoms with Gasteiger partial charge in [-0.2, -0.15) is 13.2 Å². The van der Waals surface area contributed by atoms with Gasteiger partial charge in [0.2, 0.25) is 0 Å². The molecular formula is C99H141BrCl9F3I2N14O4SSi4. The smallest absolute Gasteiger partial charge is 0.363 e. The number of aromatic nitrogens is 13. The first kappa shape index (κ1) is 128. The largest absolute Gasteiger partial charge is 0.417 e. The number of aldehydes is 1. The number of aromatic amines is 2. The van der Waals surface area contributed by atoms with Crippen molar-refractivity contribution in [2.24, 2.45) is 0 Å². The van der Waals surface area contributed by atoms with Crippen molar-refractivity contribution in [2.75, 3.05) is 18.1 Å². The summed E-state index contributed by atoms with van der Waals surface area (Å²) < 4.78 is 82.7. The molecule has 0 spiro atoms. The molecule has 0 saturated heterocycles. The molecule has 13 aromatic heterocycles. The molecule has 0 unspecified atom stereocenters. The van der Waals surface area contributed by atoms with Gasteiger partial charge in [0.1, 0.15) is 45.2 Å². The molecule has 0 saturated carbocycles. The monoisotopic (exact) mass is 2440 g/mol. The summed E-state index contributed by atoms with van der Waals surface area (Å²) in [7, 11) is -10.3. The molecule has 1 aromatic carbocycles. The van der Waals surface area contributed by atoms with Gasteiger partial charge in [-0.1, -0.05) is 315 Å². The second kappa shape index (κ2) is 53.8. The molecule has 758 valence electrons. The van der Waals surface area contributed by atoms with Crippen LogP contribution in [-0.2, 0) is 20.9 Å². The molecule has 0 aliphatic heterocycles. The van der Waals surface area contributed by atoms with E-state index in [1.807, 2.05) is 36.7 Å². The maximum absolute atomic E-state index is 13.0. The summed E-state index contributed by atoms with van der Waals surface area (Å²) in [5.74, 6) is 0. The molecule has 0 bridgehead atoms. The Morgan fingerprint density at radius 1 is 0.416 bits per heavy atom. The van der Waals surface area contributed by atoms with E-state index in [-0.39, 0.29) is 54.9 Å². The van der Waals surface area contributed by atoms with Crippen molar-refractivity contribution < 1.29 is 31.1 Å². The van der Waals surface area contributed by atoms with Crippen molar-refractivity contribution in [1.82, 2.24) is 61.8 Å². The number of alkyl halides is 3. The number of ether oxygens (including phenoxy) is 1. The van der Waals surface area contributed by atoms with Crippen LogP contribution in [0.4, 0.5) is 18.9 Å². The Balaban J connectivity index is 0.000000543. The van der Waals surface area contributed by atoms with E-state index >= 15 is 0 Å². The number of hydrogen-bond acceptors (Lipinski definition) is 11. The first-order valence-electron chi connectivity index (χ1n) is 43.1. The number of anilines is 1. The summed E-state index contributed by atoms with van der Waals surface area (Å²) in [6, 6.07) is 19.4. The maximum Gasteiger partial charge on any atom is 0.417 e. The van der Waals surface area contributed by atoms with Crippen LogP contribution in [0.1, 0.15) is 227 Å². The first-order chi connectivity index (χ1) is 61.2. The molecule has 14 aromatic rings. The lowest BCUT2D eigenvalue weighted by Gasteiger charge is -2.44. The number of carbonyl (C=O) groups excluding carboxylic acids is 1. The number of nitrogens with zero attached hydrogens (tertiary/aromatic N) is 12. The van der Waals surface area contributed by atoms with Gasteiger partial charge in [-0.3, -0.25) is 4.79 Å². The van der Waals surface area contributed by atoms with E-state index in [9.17, 15) is 26.4 Å². The maximum atomic E-state index is 13.0. The Morgan fingerprint density at radius 3 is 1.17 bits per heavy atom. The topological polar surface area (TPSA) is 205 Å². The molecular weight excluding hydrogens is 2300 g/mol. The van der Waals surface area contributed by atoms with Gasteiger partial charge >= 0.3 is 6.18 Å². The van der Waals surface area contributed by atoms with Crippen LogP contribution in [0, 0.1) is 7.14 Å². The summed E-state index contributed by atoms with van der Waals surface area (Å²) in [4.78, 5) is 47.3. The lowest BCUT2D eigenvalue weighted by atomic mass is 10.2. The number of pyridine rings is 7. The van der Waals surface area contributed by atoms with Crippen LogP contribution in [0.2, 0.25) is 112 Å². The third-order valence-corrected chi connectivity index (χ3v) is 60.8. The molecule has 38 heteroatoms. The summed E-state index contributed by atoms with van der Waals surface area (Å²) in [6.45, 7) is 55.9. The van der Waals surface area contributed by atoms with Gasteiger partial charge in [-0.05, 0) is 225 Å². The molecule has 0 fully saturated rings. The second-order valence-electron chi connectivity index (χ2n) is 35.9. The van der Waals surface area contributed by atoms with Crippen molar-refractivity contribution in [3.05, 3.63) is 221 Å². The van der Waals surface area contributed by atoms with Crippen LogP contribution in [0.3, 0.4) is 0 Å². The standard InChI is InChI=1S/C17H25ClN2OSi.C16H24Cl2N2Si.C16H24ClIN2Si.C16H25ClN2Si.C14H11BrClF3N2O3S.C7H4Cl2N2.C7H4ClIN2.6CH4/c1-11(2)22(12(3)4,13(5)6)20-8-7-14-15(10-21)16(18)9-19-17(14)20;2*1-10(2)21(11(3)4,12(5)6)20-8-7-13-15(18)14(17)9-19-16(13)20;1-11(2)20(12(3)4,13(5)6)19-10-8-14-15(17)7-9-18-16(14)19;1-24-8-21(12-3-2-6-20-13(12)15)25(22,23)9-4-5-11(16)10(7-9)14(17,18)19;2*8-5-3-11-7-4(6(5)9)1-2-10-7;;;;;;/h7-13H,1-6H3;2*7-12H,1-6H3;7-13H,1-6H3;2-7H,8H2,1H3;2*1-3H,(H,10,11);6*1H4. The predicted octanol–water partition coefficient (Wildman–Crippen LogP) is 37.7. The fourth-order valence-electron chi connectivity index (χ4n) is 20.7. The number of H-pyrrole nitrogens is 2. The van der Waals surface area contributed by atoms with Crippen molar-refractivity contribution >= 4 is 287 Å². The Morgan fingerprint density at radius 2 is 0.759 bits per heavy atom. The number of fused-ring (bicyclic) bond motifs is 6. The highest BCUT2D eigenvalue weighted by molar-refractivity contribution is 14.1. The molecule has 0 amide bonds. The number of nitrogens with one attached hydrogen (secondary N) is 2. The molecule has 137 heavy (non-hydrogen) atoms. The van der Waals surface area contributed by atoms with Gasteiger partial charge in [0.25, 0.3) is 10.0 Å². The molecule has 0 radical (unpaired) electrons. The molecule has 0 aliphatic carbocycles. The SMILES string of the molecule is C.C.C.C.C.C.CC(C)[Si](C(C)C)(C(C)C)n1ccc2c(C=O)c(Cl)cnc21.CC(C)[Si](C(C)C)(C(C)C)n1ccc2c(Cl)c(Cl)cnc21.CC(C)[Si](C(C)C)(C(C)C)n1ccc2c(Cl)ccnc21.CC(C)[Si](C(C)C)(C(C)C)n1ccc2c(I)c(Cl)cnc21.COCN(c1cccnc1Br)S(=O)(=O)c1ccc(Cl)c(C(F)(F)F)c1.Clc1cnc2[nH]ccc2c1Cl.Clc1cnc2[nH]ccc2c1I. The van der Waals surface area contributed by atoms with Crippen LogP contribution >= 0.6 is 166 Å². The number of halogens is 15. The molecule has 2 N–H and O–H groups in total. The molecule has 18 nitrogen and oxygen atoms in total. The van der Waals surface area contributed by atoms with Crippen molar-refractivity contribution in [1.29, 1.82) is 0 Å². The zero-order valence-electron chi connectivity index (χ0n) is 78.2. The zero-order chi connectivity index (χ0) is 98.1. The Bertz CT molecular complexity index is 6110. The Labute approximate surface area is 898 Å². The number of hydrogen-bond donors (Lipinski definition) is 2. The van der Waals surface area contributed by atoms with Gasteiger partial charge in [0.05, 0.1) is 61.4 Å². The average Bonchev–Trinajstić information content (AvgIpc) is 1.61. The van der Waals surface area contributed by atoms with E-state index in [4.69, 9.17) is 109 Å². The van der Waals surface area contributed by atoms with E-state index in [1.165, 1.54) is 37.0 Å². The van der Waals surface area contributed by atoms with E-state index in [1.54, 1.807) is 31.0 Å². The van der Waals surface area contributed by atoms with Gasteiger partial charge in [-0.25, -0.2) is 47.6 Å². The minimum absolute atomic E-state index is 0. The molecule has 13 heterocycles. The third kappa shape index (κ3) is 26.1. The number of carbonyl (C=O) groups is 1. The lowest BCUT2D eigenvalue weighted by molar-refractivity contribution is -0.137. The Hall–Kier alpha value is -4.90. The highest BCUT2D eigenvalue weighted by Gasteiger charge is 2.50. The first-order valence-corrected chi connectivity index (χ1v) is 59.7. The van der Waals surface area contributed by atoms with Crippen LogP contribution in [0.25, 0.3) is 66.2 Å². The van der Waals surface area contributed by atoms with E-state index in [0.29, 0.717) is 108 Å². The fraction of sp³-hybridized carbons (Fsp3) is 0.455. The van der Waals surface area contributed by atoms with Crippen molar-refractivity contribution in [2.45, 2.75) is 288 Å². The number of methoxy groups -OCH3 is 1. The highest BCUT2D eigenvalue weighted by Crippen LogP contribution is 2.50. The van der Waals surface area contributed by atoms with E-state index in [0.717, 1.165) is 101 Å². The average molecular weight is 2450 g/mol. The molecule has 0 atom stereocenters. The lowest BCUT2D eigenvalue weighted by Crippen LogP contribution is -2.51. The second-order valence-corrected chi connectivity index (χ2v) is 67.2. The van der Waals surface area contributed by atoms with Crippen LogP contribution in [-0.4, -0.2) is 123 Å². The van der Waals surface area contributed by atoms with Crippen LogP contribution in [0.15, 0.2) is 163 Å². The predicted molar refractivity (Wildman–Crippen MR) is 618 cm³/mol. The highest BCUT2D eigenvalue weighted by atomic mass is 127. The molecule has 0 aliphatic rings. The number of sulfonamides is 1. The summed E-state index contributed by atoms with van der Waals surface area (Å²) >= 11 is 61.8. The normalized spacial score (nSPS) is 11.9. The third-order valence-electron chi connectivity index (χ3n) is 25.4. The minimum atomic E-state index is -4.79. The van der Waals surface area contributed by atoms with Gasteiger partial charge in [0, 0.05) is 108 Å². The van der Waals surface area contributed by atoms with Gasteiger partial charge in [-0.15, -0.1) is 0 Å². The fourth-order valence-corrected chi connectivity index (χ4v) is 51.7. The number of benzene rings is 1. The quantitative estimate of drug-likeness (QED) is 0.0215. The zero-order valence-corrected chi connectivity index (χ0v) is 95.7. The van der Waals surface area contributed by atoms with Crippen molar-refractivity contribution in [3.63, 3.8) is 0 Å². The van der Waals surface area contributed by atoms with Crippen molar-refractivity contribution in [3.8, 4) is 0 Å². The summed E-state index contributed by atoms with van der Waals surface area (Å²) in [5.41, 5.74) is 12.6. The number of rotatable bonds is 22. The minimum Gasteiger partial charge on any atom is -0.363 e. The Kier molecular flexibility index (Phi) is 50.3.